The van der Waals surface area contributed by atoms with Gasteiger partial charge in [0.15, 0.2) is 0 Å². The SMILES string of the molecule is O=P(O)(O)OP(=O)(OCCCl)OCCCl.[H-].[H-].[Mg+2]. The predicted octanol–water partition coefficient (Wildman–Crippen LogP) is 1.56. The standard InChI is InChI=1S/C4H10Cl2O7P2.Mg.2H/c5-1-3-11-15(10,12-4-2-6)13-14(7,8)9;;;/h1-4H2,(H2,7,8,9);;;/q;+2;2*-1. The first kappa shape index (κ1) is 19.9. The van der Waals surface area contributed by atoms with Gasteiger partial charge in [-0.1, -0.05) is 0 Å². The van der Waals surface area contributed by atoms with Crippen molar-refractivity contribution in [1.29, 1.82) is 0 Å². The molecule has 0 aliphatic heterocycles. The summed E-state index contributed by atoms with van der Waals surface area (Å²) in [4.78, 5) is 16.9. The van der Waals surface area contributed by atoms with Crippen molar-refractivity contribution in [2.24, 2.45) is 0 Å². The van der Waals surface area contributed by atoms with E-state index in [-0.39, 0.29) is 50.9 Å². The Morgan fingerprint density at radius 1 is 1.06 bits per heavy atom. The maximum absolute atomic E-state index is 11.5. The van der Waals surface area contributed by atoms with Crippen LogP contribution < -0.4 is 0 Å². The molecular weight excluding hydrogens is 317 g/mol. The Bertz CT molecular complexity index is 268. The molecule has 0 fully saturated rings. The molecule has 2 N–H and O–H groups in total. The molecule has 0 saturated carbocycles. The van der Waals surface area contributed by atoms with Crippen LogP contribution in [-0.2, 0) is 22.5 Å². The number of hydrogen-bond donors (Lipinski definition) is 2. The van der Waals surface area contributed by atoms with Gasteiger partial charge >= 0.3 is 38.7 Å². The molecule has 0 aliphatic rings. The van der Waals surface area contributed by atoms with Crippen LogP contribution in [0.4, 0.5) is 0 Å². The molecular formula is C4H12Cl2MgO7P2. The molecule has 0 unspecified atom stereocenters. The number of hydrogen-bond acceptors (Lipinski definition) is 5. The van der Waals surface area contributed by atoms with Gasteiger partial charge in [0.05, 0.1) is 13.2 Å². The van der Waals surface area contributed by atoms with Gasteiger partial charge in [-0.3, -0.25) is 9.05 Å². The van der Waals surface area contributed by atoms with Crippen LogP contribution in [0.3, 0.4) is 0 Å². The van der Waals surface area contributed by atoms with Crippen molar-refractivity contribution in [3.8, 4) is 0 Å². The van der Waals surface area contributed by atoms with Gasteiger partial charge in [-0.2, -0.15) is 4.31 Å². The summed E-state index contributed by atoms with van der Waals surface area (Å²) in [6.45, 7) is -0.470. The molecule has 0 aliphatic carbocycles. The summed E-state index contributed by atoms with van der Waals surface area (Å²) in [5, 5.41) is 0. The molecule has 0 spiro atoms. The number of alkyl halides is 2. The van der Waals surface area contributed by atoms with E-state index < -0.39 is 15.6 Å². The van der Waals surface area contributed by atoms with Crippen LogP contribution in [0, 0.1) is 0 Å². The van der Waals surface area contributed by atoms with Crippen LogP contribution in [-0.4, -0.2) is 57.8 Å². The van der Waals surface area contributed by atoms with E-state index in [9.17, 15) is 9.13 Å². The molecule has 0 bridgehead atoms. The van der Waals surface area contributed by atoms with E-state index in [1.807, 2.05) is 0 Å². The van der Waals surface area contributed by atoms with Crippen molar-refractivity contribution >= 4 is 61.9 Å². The van der Waals surface area contributed by atoms with Crippen molar-refractivity contribution in [2.45, 2.75) is 0 Å². The maximum atomic E-state index is 11.5. The molecule has 96 valence electrons. The molecule has 0 rings (SSSR count). The third-order valence-corrected chi connectivity index (χ3v) is 3.82. The average Bonchev–Trinajstić information content (AvgIpc) is 2.09. The second kappa shape index (κ2) is 9.53. The third-order valence-electron chi connectivity index (χ3n) is 0.859. The maximum Gasteiger partial charge on any atom is 2.00 e. The zero-order valence-corrected chi connectivity index (χ0v) is 12.8. The largest absolute Gasteiger partial charge is 2.00 e. The van der Waals surface area contributed by atoms with E-state index in [1.54, 1.807) is 0 Å². The zero-order valence-electron chi connectivity index (χ0n) is 10.1. The molecule has 0 aromatic rings. The summed E-state index contributed by atoms with van der Waals surface area (Å²) in [6.07, 6.45) is 0. The van der Waals surface area contributed by atoms with Crippen LogP contribution in [0.15, 0.2) is 0 Å². The molecule has 0 radical (unpaired) electrons. The monoisotopic (exact) mass is 328 g/mol. The molecule has 16 heavy (non-hydrogen) atoms. The Labute approximate surface area is 122 Å². The van der Waals surface area contributed by atoms with E-state index in [4.69, 9.17) is 33.0 Å². The van der Waals surface area contributed by atoms with Gasteiger partial charge in [0.2, 0.25) is 0 Å². The second-order valence-corrected chi connectivity index (χ2v) is 5.86. The summed E-state index contributed by atoms with van der Waals surface area (Å²) >= 11 is 10.5. The van der Waals surface area contributed by atoms with Gasteiger partial charge in [-0.25, -0.2) is 9.13 Å². The fraction of sp³-hybridized carbons (Fsp3) is 1.00. The van der Waals surface area contributed by atoms with Crippen LogP contribution in [0.1, 0.15) is 2.85 Å². The molecule has 0 saturated heterocycles. The van der Waals surface area contributed by atoms with Gasteiger partial charge in [-0.15, -0.1) is 23.2 Å². The molecule has 12 heteroatoms. The second-order valence-electron chi connectivity index (χ2n) is 2.06. The van der Waals surface area contributed by atoms with Crippen molar-refractivity contribution < 1.29 is 35.1 Å². The van der Waals surface area contributed by atoms with E-state index in [1.165, 1.54) is 0 Å². The molecule has 0 heterocycles. The van der Waals surface area contributed by atoms with E-state index >= 15 is 0 Å². The van der Waals surface area contributed by atoms with E-state index in [0.29, 0.717) is 0 Å². The minimum Gasteiger partial charge on any atom is -1.00 e. The van der Waals surface area contributed by atoms with Crippen LogP contribution in [0.5, 0.6) is 0 Å². The number of phosphoric ester groups is 1. The molecule has 0 amide bonds. The number of rotatable bonds is 8. The topological polar surface area (TPSA) is 102 Å². The molecule has 7 nitrogen and oxygen atoms in total. The van der Waals surface area contributed by atoms with Gasteiger partial charge < -0.3 is 12.6 Å². The first-order chi connectivity index (χ1) is 6.83. The number of phosphoric acid groups is 2. The van der Waals surface area contributed by atoms with Gasteiger partial charge in [0, 0.05) is 11.8 Å². The summed E-state index contributed by atoms with van der Waals surface area (Å²) in [6, 6.07) is 0. The summed E-state index contributed by atoms with van der Waals surface area (Å²) in [5.41, 5.74) is 0. The van der Waals surface area contributed by atoms with Crippen LogP contribution >= 0.6 is 38.8 Å². The van der Waals surface area contributed by atoms with Gasteiger partial charge in [-0.05, 0) is 0 Å². The summed E-state index contributed by atoms with van der Waals surface area (Å²) in [7, 11) is -9.27. The Balaban J connectivity index is -0.000000327. The van der Waals surface area contributed by atoms with Crippen LogP contribution in [0.25, 0.3) is 0 Å². The molecule has 0 aromatic carbocycles. The van der Waals surface area contributed by atoms with Crippen molar-refractivity contribution in [3.05, 3.63) is 0 Å². The Hall–Kier alpha value is 1.61. The van der Waals surface area contributed by atoms with E-state index in [0.717, 1.165) is 0 Å². The van der Waals surface area contributed by atoms with Crippen molar-refractivity contribution in [1.82, 2.24) is 0 Å². The fourth-order valence-corrected chi connectivity index (χ4v) is 3.00. The van der Waals surface area contributed by atoms with Crippen LogP contribution in [0.2, 0.25) is 0 Å². The van der Waals surface area contributed by atoms with Gasteiger partial charge in [0.25, 0.3) is 0 Å². The quantitative estimate of drug-likeness (QED) is 0.396. The zero-order chi connectivity index (χ0) is 11.9. The van der Waals surface area contributed by atoms with Gasteiger partial charge in [0.1, 0.15) is 0 Å². The first-order valence-corrected chi connectivity index (χ1v) is 7.67. The van der Waals surface area contributed by atoms with E-state index in [2.05, 4.69) is 13.4 Å². The average molecular weight is 329 g/mol. The predicted molar refractivity (Wildman–Crippen MR) is 62.1 cm³/mol. The summed E-state index contributed by atoms with van der Waals surface area (Å²) in [5.74, 6) is -0.0580. The number of halogens is 2. The normalized spacial score (nSPS) is 12.2. The van der Waals surface area contributed by atoms with Crippen molar-refractivity contribution in [3.63, 3.8) is 0 Å². The smallest absolute Gasteiger partial charge is 1.00 e. The third kappa shape index (κ3) is 10.7. The first-order valence-electron chi connectivity index (χ1n) is 3.61. The summed E-state index contributed by atoms with van der Waals surface area (Å²) < 4.78 is 34.8. The minimum atomic E-state index is -4.97. The Morgan fingerprint density at radius 3 is 1.69 bits per heavy atom. The van der Waals surface area contributed by atoms with Crippen molar-refractivity contribution in [2.75, 3.05) is 25.0 Å². The molecule has 0 atom stereocenters. The minimum absolute atomic E-state index is 0. The fourth-order valence-electron chi connectivity index (χ4n) is 0.507. The Kier molecular flexibility index (Phi) is 11.9. The molecule has 0 aromatic heterocycles. The Morgan fingerprint density at radius 2 is 1.44 bits per heavy atom.